The Morgan fingerprint density at radius 3 is 2.53 bits per heavy atom. The minimum atomic E-state index is -0.0130. The summed E-state index contributed by atoms with van der Waals surface area (Å²) in [4.78, 5) is 5.19. The van der Waals surface area contributed by atoms with Crippen molar-refractivity contribution in [2.24, 2.45) is 5.73 Å². The van der Waals surface area contributed by atoms with Gasteiger partial charge in [-0.15, -0.1) is 11.3 Å². The van der Waals surface area contributed by atoms with Crippen molar-refractivity contribution in [3.8, 4) is 0 Å². The molecule has 4 nitrogen and oxygen atoms in total. The van der Waals surface area contributed by atoms with Gasteiger partial charge < -0.3 is 10.5 Å². The molecule has 0 aliphatic rings. The van der Waals surface area contributed by atoms with Gasteiger partial charge in [-0.1, -0.05) is 20.8 Å². The second-order valence-electron chi connectivity index (χ2n) is 4.39. The number of nitrogens with zero attached hydrogens (tertiary/aromatic N) is 1. The summed E-state index contributed by atoms with van der Waals surface area (Å²) < 4.78 is 5.04. The van der Waals surface area contributed by atoms with E-state index in [2.05, 4.69) is 25.8 Å². The summed E-state index contributed by atoms with van der Waals surface area (Å²) in [7, 11) is 1.61. The standard InChI is InChI=1S/C10H17N3OS/c1-10(2,3)9-13-6(5-14-4)7(15-9)8(11)12/h5H2,1-4H3,(H3,11,12). The minimum Gasteiger partial charge on any atom is -0.383 e. The Bertz CT molecular complexity index is 365. The summed E-state index contributed by atoms with van der Waals surface area (Å²) in [5.41, 5.74) is 6.25. The van der Waals surface area contributed by atoms with E-state index in [1.165, 1.54) is 11.3 Å². The Kier molecular flexibility index (Phi) is 3.46. The quantitative estimate of drug-likeness (QED) is 0.611. The average Bonchev–Trinajstić information content (AvgIpc) is 2.48. The lowest BCUT2D eigenvalue weighted by molar-refractivity contribution is 0.181. The van der Waals surface area contributed by atoms with Gasteiger partial charge in [-0.25, -0.2) is 4.98 Å². The number of aromatic nitrogens is 1. The number of hydrogen-bond acceptors (Lipinski definition) is 4. The third-order valence-electron chi connectivity index (χ3n) is 1.86. The maximum atomic E-state index is 7.47. The van der Waals surface area contributed by atoms with Crippen LogP contribution in [0.1, 0.15) is 36.3 Å². The van der Waals surface area contributed by atoms with Crippen LogP contribution in [0.15, 0.2) is 0 Å². The van der Waals surface area contributed by atoms with Crippen LogP contribution in [-0.2, 0) is 16.8 Å². The second kappa shape index (κ2) is 4.28. The SMILES string of the molecule is COCc1nc(C(C)(C)C)sc1C(=N)N. The molecule has 0 aromatic carbocycles. The molecule has 1 heterocycles. The fourth-order valence-corrected chi connectivity index (χ4v) is 2.11. The molecule has 0 unspecified atom stereocenters. The average molecular weight is 227 g/mol. The molecule has 15 heavy (non-hydrogen) atoms. The van der Waals surface area contributed by atoms with Crippen molar-refractivity contribution < 1.29 is 4.74 Å². The van der Waals surface area contributed by atoms with Gasteiger partial charge in [0.1, 0.15) is 5.84 Å². The monoisotopic (exact) mass is 227 g/mol. The number of thiazole rings is 1. The zero-order valence-electron chi connectivity index (χ0n) is 9.55. The van der Waals surface area contributed by atoms with Crippen LogP contribution in [0.4, 0.5) is 0 Å². The fourth-order valence-electron chi connectivity index (χ4n) is 1.12. The predicted octanol–water partition coefficient (Wildman–Crippen LogP) is 1.87. The van der Waals surface area contributed by atoms with Crippen molar-refractivity contribution in [1.29, 1.82) is 5.41 Å². The van der Waals surface area contributed by atoms with Gasteiger partial charge in [0, 0.05) is 12.5 Å². The van der Waals surface area contributed by atoms with Crippen molar-refractivity contribution in [1.82, 2.24) is 4.98 Å². The van der Waals surface area contributed by atoms with Crippen LogP contribution in [0.5, 0.6) is 0 Å². The van der Waals surface area contributed by atoms with E-state index >= 15 is 0 Å². The Hall–Kier alpha value is -0.940. The smallest absolute Gasteiger partial charge is 0.135 e. The minimum absolute atomic E-state index is 0.0130. The Balaban J connectivity index is 3.15. The zero-order valence-corrected chi connectivity index (χ0v) is 10.4. The number of hydrogen-bond donors (Lipinski definition) is 2. The molecule has 0 atom stereocenters. The van der Waals surface area contributed by atoms with E-state index in [-0.39, 0.29) is 11.3 Å². The molecule has 1 aromatic rings. The summed E-state index contributed by atoms with van der Waals surface area (Å²) >= 11 is 1.47. The van der Waals surface area contributed by atoms with Gasteiger partial charge in [0.15, 0.2) is 0 Å². The van der Waals surface area contributed by atoms with Crippen LogP contribution >= 0.6 is 11.3 Å². The van der Waals surface area contributed by atoms with Gasteiger partial charge in [-0.2, -0.15) is 0 Å². The summed E-state index contributed by atoms with van der Waals surface area (Å²) in [6, 6.07) is 0. The van der Waals surface area contributed by atoms with E-state index in [4.69, 9.17) is 15.9 Å². The van der Waals surface area contributed by atoms with Crippen molar-refractivity contribution in [3.05, 3.63) is 15.6 Å². The number of nitrogens with two attached hydrogens (primary N) is 1. The van der Waals surface area contributed by atoms with Crippen LogP contribution in [0, 0.1) is 5.41 Å². The molecule has 1 aromatic heterocycles. The third-order valence-corrected chi connectivity index (χ3v) is 3.42. The molecule has 0 saturated heterocycles. The van der Waals surface area contributed by atoms with Gasteiger partial charge in [0.25, 0.3) is 0 Å². The Labute approximate surface area is 94.0 Å². The van der Waals surface area contributed by atoms with Crippen LogP contribution in [0.2, 0.25) is 0 Å². The van der Waals surface area contributed by atoms with Crippen molar-refractivity contribution in [2.45, 2.75) is 32.8 Å². The van der Waals surface area contributed by atoms with Gasteiger partial charge >= 0.3 is 0 Å². The molecule has 0 aliphatic heterocycles. The highest BCUT2D eigenvalue weighted by Gasteiger charge is 2.22. The maximum Gasteiger partial charge on any atom is 0.135 e. The molecule has 3 N–H and O–H groups in total. The summed E-state index contributed by atoms with van der Waals surface area (Å²) in [5, 5.41) is 8.45. The largest absolute Gasteiger partial charge is 0.383 e. The molecule has 0 fully saturated rings. The first-order chi connectivity index (χ1) is 6.86. The molecule has 0 bridgehead atoms. The lowest BCUT2D eigenvalue weighted by atomic mass is 9.98. The summed E-state index contributed by atoms with van der Waals surface area (Å²) in [6.45, 7) is 6.67. The number of nitrogen functional groups attached to an aromatic ring is 1. The molecule has 1 rings (SSSR count). The molecule has 0 spiro atoms. The second-order valence-corrected chi connectivity index (χ2v) is 5.39. The maximum absolute atomic E-state index is 7.47. The van der Waals surface area contributed by atoms with E-state index in [1.54, 1.807) is 7.11 Å². The molecule has 5 heteroatoms. The van der Waals surface area contributed by atoms with Crippen LogP contribution in [0.3, 0.4) is 0 Å². The van der Waals surface area contributed by atoms with Gasteiger partial charge in [0.2, 0.25) is 0 Å². The molecule has 0 saturated carbocycles. The summed E-state index contributed by atoms with van der Waals surface area (Å²) in [6.07, 6.45) is 0. The van der Waals surface area contributed by atoms with Gasteiger partial charge in [0.05, 0.1) is 22.2 Å². The lowest BCUT2D eigenvalue weighted by Gasteiger charge is -2.13. The fraction of sp³-hybridized carbons (Fsp3) is 0.600. The highest BCUT2D eigenvalue weighted by Crippen LogP contribution is 2.29. The highest BCUT2D eigenvalue weighted by molar-refractivity contribution is 7.14. The van der Waals surface area contributed by atoms with Crippen LogP contribution in [0.25, 0.3) is 0 Å². The zero-order chi connectivity index (χ0) is 11.6. The first-order valence-corrected chi connectivity index (χ1v) is 5.51. The third kappa shape index (κ3) is 2.76. The van der Waals surface area contributed by atoms with Gasteiger partial charge in [-0.3, -0.25) is 5.41 Å². The first kappa shape index (κ1) is 12.1. The number of methoxy groups -OCH3 is 1. The molecule has 0 amide bonds. The van der Waals surface area contributed by atoms with Crippen molar-refractivity contribution in [3.63, 3.8) is 0 Å². The number of nitrogens with one attached hydrogen (secondary N) is 1. The van der Waals surface area contributed by atoms with E-state index < -0.39 is 0 Å². The molecular weight excluding hydrogens is 210 g/mol. The first-order valence-electron chi connectivity index (χ1n) is 4.69. The number of ether oxygens (including phenoxy) is 1. The molecule has 0 radical (unpaired) electrons. The molecule has 84 valence electrons. The number of rotatable bonds is 3. The highest BCUT2D eigenvalue weighted by atomic mass is 32.1. The normalized spacial score (nSPS) is 11.7. The topological polar surface area (TPSA) is 72.0 Å². The predicted molar refractivity (Wildman–Crippen MR) is 62.5 cm³/mol. The Morgan fingerprint density at radius 1 is 1.53 bits per heavy atom. The van der Waals surface area contributed by atoms with E-state index in [0.717, 1.165) is 15.6 Å². The molecule has 0 aliphatic carbocycles. The molecular formula is C10H17N3OS. The lowest BCUT2D eigenvalue weighted by Crippen LogP contribution is -2.11. The number of amidine groups is 1. The van der Waals surface area contributed by atoms with Gasteiger partial charge in [-0.05, 0) is 0 Å². The van der Waals surface area contributed by atoms with E-state index in [9.17, 15) is 0 Å². The van der Waals surface area contributed by atoms with E-state index in [0.29, 0.717) is 6.61 Å². The van der Waals surface area contributed by atoms with Crippen molar-refractivity contribution >= 4 is 17.2 Å². The van der Waals surface area contributed by atoms with E-state index in [1.807, 2.05) is 0 Å². The van der Waals surface area contributed by atoms with Crippen LogP contribution < -0.4 is 5.73 Å². The van der Waals surface area contributed by atoms with Crippen molar-refractivity contribution in [2.75, 3.05) is 7.11 Å². The van der Waals surface area contributed by atoms with Crippen LogP contribution in [-0.4, -0.2) is 17.9 Å². The summed E-state index contributed by atoms with van der Waals surface area (Å²) in [5.74, 6) is 0.0649. The Morgan fingerprint density at radius 2 is 2.13 bits per heavy atom.